The lowest BCUT2D eigenvalue weighted by Gasteiger charge is -2.26. The van der Waals surface area contributed by atoms with E-state index in [2.05, 4.69) is 148 Å². The second-order valence-corrected chi connectivity index (χ2v) is 23.0. The van der Waals surface area contributed by atoms with Crippen molar-refractivity contribution in [3.63, 3.8) is 0 Å². The Morgan fingerprint density at radius 2 is 0.651 bits per heavy atom. The highest BCUT2D eigenvalue weighted by Crippen LogP contribution is 2.17. The molecule has 2 unspecified atom stereocenters. The van der Waals surface area contributed by atoms with Crippen LogP contribution in [-0.4, -0.2) is 82.3 Å². The fourth-order valence-electron chi connectivity index (χ4n) is 8.86. The molecule has 0 N–H and O–H groups in total. The van der Waals surface area contributed by atoms with Crippen LogP contribution >= 0.6 is 0 Å². The van der Waals surface area contributed by atoms with Gasteiger partial charge in [-0.1, -0.05) is 270 Å². The zero-order chi connectivity index (χ0) is 60.5. The first kappa shape index (κ1) is 78.4. The molecule has 9 heteroatoms. The van der Waals surface area contributed by atoms with Crippen molar-refractivity contribution in [2.45, 2.75) is 270 Å². The maximum absolute atomic E-state index is 12.9. The van der Waals surface area contributed by atoms with Gasteiger partial charge in [0.15, 0.2) is 12.4 Å². The third-order valence-corrected chi connectivity index (χ3v) is 13.9. The molecule has 0 aliphatic heterocycles. The topological polar surface area (TPSA) is 111 Å². The molecule has 0 radical (unpaired) electrons. The highest BCUT2D eigenvalue weighted by atomic mass is 16.7. The molecule has 0 bridgehead atoms. The van der Waals surface area contributed by atoms with Gasteiger partial charge in [-0.05, 0) is 109 Å². The summed E-state index contributed by atoms with van der Waals surface area (Å²) < 4.78 is 22.7. The molecule has 0 fully saturated rings. The van der Waals surface area contributed by atoms with Gasteiger partial charge < -0.3 is 33.3 Å². The summed E-state index contributed by atoms with van der Waals surface area (Å²) in [6, 6.07) is 0. The average Bonchev–Trinajstić information content (AvgIpc) is 3.46. The Morgan fingerprint density at radius 3 is 0.976 bits per heavy atom. The quantitative estimate of drug-likeness (QED) is 0.0195. The van der Waals surface area contributed by atoms with Crippen molar-refractivity contribution in [1.29, 1.82) is 0 Å². The van der Waals surface area contributed by atoms with Crippen LogP contribution < -0.4 is 5.11 Å². The number of likely N-dealkylation sites (N-methyl/N-ethyl adjacent to an activating group) is 1. The Morgan fingerprint density at radius 1 is 0.361 bits per heavy atom. The first-order valence-electron chi connectivity index (χ1n) is 33.3. The van der Waals surface area contributed by atoms with Crippen LogP contribution in [0.5, 0.6) is 0 Å². The Balaban J connectivity index is 4.09. The van der Waals surface area contributed by atoms with Crippen molar-refractivity contribution in [3.05, 3.63) is 134 Å². The molecule has 0 spiro atoms. The van der Waals surface area contributed by atoms with Gasteiger partial charge in [0.05, 0.1) is 40.3 Å². The smallest absolute Gasteiger partial charge is 0.306 e. The van der Waals surface area contributed by atoms with E-state index in [1.807, 2.05) is 21.1 Å². The molecule has 0 heterocycles. The Bertz CT molecular complexity index is 1820. The van der Waals surface area contributed by atoms with E-state index in [1.165, 1.54) is 109 Å². The molecule has 2 atom stereocenters. The molecule has 0 aliphatic carbocycles. The Labute approximate surface area is 509 Å². The number of unbranched alkanes of at least 4 members (excludes halogenated alkanes) is 23. The van der Waals surface area contributed by atoms with Crippen molar-refractivity contribution in [1.82, 2.24) is 0 Å². The summed E-state index contributed by atoms with van der Waals surface area (Å²) in [5.74, 6) is -2.33. The number of ether oxygens (including phenoxy) is 4. The zero-order valence-corrected chi connectivity index (χ0v) is 53.8. The minimum atomic E-state index is -1.64. The minimum Gasteiger partial charge on any atom is -0.545 e. The SMILES string of the molecule is CC/C=C\C/C=C\C/C=C\C/C=C\C/C=C\C/C=C\CCCCCCCCCCCCCCCCCCCCCCC(=O)OC(COC(=O)CCCCC/C=C\C/C=C\C/C=C\C/C=C\C/C=C\CC)COC(OCC[N+](C)(C)C)C(=O)[O-]. The van der Waals surface area contributed by atoms with Crippen LogP contribution in [-0.2, 0) is 33.3 Å². The van der Waals surface area contributed by atoms with Crippen molar-refractivity contribution in [3.8, 4) is 0 Å². The second kappa shape index (κ2) is 63.5. The molecular weight excluding hydrogens is 1030 g/mol. The van der Waals surface area contributed by atoms with Crippen LogP contribution in [0.2, 0.25) is 0 Å². The summed E-state index contributed by atoms with van der Waals surface area (Å²) in [6.45, 7) is 4.48. The van der Waals surface area contributed by atoms with Crippen molar-refractivity contribution >= 4 is 17.9 Å². The third-order valence-electron chi connectivity index (χ3n) is 13.9. The van der Waals surface area contributed by atoms with Crippen molar-refractivity contribution in [2.24, 2.45) is 0 Å². The highest BCUT2D eigenvalue weighted by molar-refractivity contribution is 5.70. The Kier molecular flexibility index (Phi) is 60.0. The van der Waals surface area contributed by atoms with E-state index in [9.17, 15) is 19.5 Å². The lowest BCUT2D eigenvalue weighted by molar-refractivity contribution is -0.870. The number of aliphatic carboxylic acids is 1. The van der Waals surface area contributed by atoms with Gasteiger partial charge in [-0.2, -0.15) is 0 Å². The number of nitrogens with zero attached hydrogens (tertiary/aromatic N) is 1. The number of hydrogen-bond donors (Lipinski definition) is 0. The summed E-state index contributed by atoms with van der Waals surface area (Å²) >= 11 is 0. The van der Waals surface area contributed by atoms with Crippen molar-refractivity contribution in [2.75, 3.05) is 47.5 Å². The van der Waals surface area contributed by atoms with Crippen LogP contribution in [0, 0.1) is 0 Å². The average molecular weight is 1150 g/mol. The molecular formula is C74H123NO8. The predicted molar refractivity (Wildman–Crippen MR) is 352 cm³/mol. The van der Waals surface area contributed by atoms with Gasteiger partial charge in [-0.3, -0.25) is 9.59 Å². The molecule has 0 aromatic rings. The maximum atomic E-state index is 12.9. The number of carbonyl (C=O) groups excluding carboxylic acids is 3. The van der Waals surface area contributed by atoms with E-state index in [1.54, 1.807) is 0 Å². The molecule has 0 saturated carbocycles. The molecule has 0 rings (SSSR count). The molecule has 472 valence electrons. The van der Waals surface area contributed by atoms with Crippen LogP contribution in [0.1, 0.15) is 258 Å². The summed E-state index contributed by atoms with van der Waals surface area (Å²) in [5, 5.41) is 11.8. The van der Waals surface area contributed by atoms with Gasteiger partial charge in [0.25, 0.3) is 0 Å². The van der Waals surface area contributed by atoms with Crippen LogP contribution in [0.3, 0.4) is 0 Å². The zero-order valence-electron chi connectivity index (χ0n) is 53.8. The van der Waals surface area contributed by atoms with Gasteiger partial charge in [0.2, 0.25) is 0 Å². The number of carboxylic acids is 1. The van der Waals surface area contributed by atoms with Crippen LogP contribution in [0.15, 0.2) is 134 Å². The van der Waals surface area contributed by atoms with Gasteiger partial charge in [-0.15, -0.1) is 0 Å². The molecule has 0 aromatic carbocycles. The van der Waals surface area contributed by atoms with Gasteiger partial charge in [0, 0.05) is 12.8 Å². The number of carboxylic acid groups (broad SMARTS) is 1. The normalized spacial score (nSPS) is 13.6. The predicted octanol–water partition coefficient (Wildman–Crippen LogP) is 19.2. The first-order valence-corrected chi connectivity index (χ1v) is 33.3. The van der Waals surface area contributed by atoms with Gasteiger partial charge in [-0.25, -0.2) is 0 Å². The first-order chi connectivity index (χ1) is 40.6. The summed E-state index contributed by atoms with van der Waals surface area (Å²) in [5.41, 5.74) is 0. The Hall–Kier alpha value is -4.57. The summed E-state index contributed by atoms with van der Waals surface area (Å²) in [4.78, 5) is 37.4. The molecule has 0 amide bonds. The van der Waals surface area contributed by atoms with E-state index in [-0.39, 0.29) is 32.7 Å². The fourth-order valence-corrected chi connectivity index (χ4v) is 8.86. The van der Waals surface area contributed by atoms with E-state index < -0.39 is 30.3 Å². The fraction of sp³-hybridized carbons (Fsp3) is 0.662. The number of hydrogen-bond acceptors (Lipinski definition) is 8. The number of esters is 2. The third kappa shape index (κ3) is 64.8. The van der Waals surface area contributed by atoms with Gasteiger partial charge >= 0.3 is 11.9 Å². The lowest BCUT2D eigenvalue weighted by Crippen LogP contribution is -2.44. The summed E-state index contributed by atoms with van der Waals surface area (Å²) in [6.07, 6.45) is 88.2. The van der Waals surface area contributed by atoms with E-state index in [0.717, 1.165) is 109 Å². The minimum absolute atomic E-state index is 0.137. The lowest BCUT2D eigenvalue weighted by atomic mass is 10.0. The number of allylic oxidation sites excluding steroid dienone is 22. The van der Waals surface area contributed by atoms with Gasteiger partial charge in [0.1, 0.15) is 13.2 Å². The van der Waals surface area contributed by atoms with E-state index >= 15 is 0 Å². The number of carbonyl (C=O) groups is 3. The molecule has 0 aromatic heterocycles. The number of rotatable bonds is 60. The van der Waals surface area contributed by atoms with Crippen LogP contribution in [0.4, 0.5) is 0 Å². The molecule has 83 heavy (non-hydrogen) atoms. The standard InChI is InChI=1S/C74H123NO8/c1-6-8-10-12-14-16-18-20-22-24-26-27-28-29-30-31-32-33-34-35-36-37-38-39-40-41-42-43-44-45-47-49-51-53-55-57-59-61-63-65-72(77)83-70(69-82-74(73(78)79)80-67-66-75(3,4)5)68-81-71(76)64-62-60-58-56-54-52-50-48-46-25-23-21-19-17-15-13-11-9-7-2/h8-11,14-17,20-23,26-27,29-30,32-33,46,48,52,54,70,74H,6-7,12-13,18-19,24-25,28,31,34-45,47,49-51,53,55-69H2,1-5H3/b10-8-,11-9-,16-14-,17-15-,22-20-,23-21-,27-26-,30-29-,33-32-,48-46-,54-52-. The molecule has 0 aliphatic rings. The molecule has 9 nitrogen and oxygen atoms in total. The number of quaternary nitrogens is 1. The largest absolute Gasteiger partial charge is 0.545 e. The van der Waals surface area contributed by atoms with Crippen molar-refractivity contribution < 1.29 is 42.9 Å². The van der Waals surface area contributed by atoms with Crippen LogP contribution in [0.25, 0.3) is 0 Å². The highest BCUT2D eigenvalue weighted by Gasteiger charge is 2.22. The van der Waals surface area contributed by atoms with E-state index in [4.69, 9.17) is 18.9 Å². The maximum Gasteiger partial charge on any atom is 0.306 e. The monoisotopic (exact) mass is 1150 g/mol. The molecule has 0 saturated heterocycles. The second-order valence-electron chi connectivity index (χ2n) is 23.0. The summed E-state index contributed by atoms with van der Waals surface area (Å²) in [7, 11) is 5.91. The van der Waals surface area contributed by atoms with E-state index in [0.29, 0.717) is 23.9 Å².